The molecule has 0 unspecified atom stereocenters. The van der Waals surface area contributed by atoms with Crippen molar-refractivity contribution >= 4 is 28.2 Å². The number of aromatic nitrogens is 4. The number of nitrogens with zero attached hydrogens (tertiary/aromatic N) is 5. The fraction of sp³-hybridized carbons (Fsp3) is 0.250. The molecule has 0 bridgehead atoms. The lowest BCUT2D eigenvalue weighted by Crippen LogP contribution is -2.30. The Morgan fingerprint density at radius 3 is 2.60 bits per heavy atom. The van der Waals surface area contributed by atoms with Crippen LogP contribution in [0.25, 0.3) is 16.7 Å². The molecule has 0 saturated heterocycles. The summed E-state index contributed by atoms with van der Waals surface area (Å²) in [5.41, 5.74) is 2.26. The highest BCUT2D eigenvalue weighted by molar-refractivity contribution is 5.93. The van der Waals surface area contributed by atoms with E-state index in [1.807, 2.05) is 10.5 Å². The monoisotopic (exact) mass is 329 g/mol. The van der Waals surface area contributed by atoms with Crippen molar-refractivity contribution in [3.05, 3.63) is 60.9 Å². The maximum absolute atomic E-state index is 4.87. The van der Waals surface area contributed by atoms with E-state index in [9.17, 15) is 0 Å². The van der Waals surface area contributed by atoms with Crippen molar-refractivity contribution in [3.8, 4) is 0 Å². The van der Waals surface area contributed by atoms with Gasteiger partial charge in [-0.05, 0) is 43.0 Å². The van der Waals surface area contributed by atoms with Crippen LogP contribution in [0.4, 0.5) is 11.5 Å². The van der Waals surface area contributed by atoms with Gasteiger partial charge in [-0.3, -0.25) is 4.40 Å². The SMILES string of the molecule is c1ccc(N(CC2CCC2)c2nc3nncn3c3ccccc23)cc1. The molecule has 5 rings (SSSR count). The summed E-state index contributed by atoms with van der Waals surface area (Å²) in [5.74, 6) is 2.34. The van der Waals surface area contributed by atoms with Crippen LogP contribution >= 0.6 is 0 Å². The van der Waals surface area contributed by atoms with Crippen LogP contribution in [0.1, 0.15) is 19.3 Å². The lowest BCUT2D eigenvalue weighted by atomic mass is 9.85. The van der Waals surface area contributed by atoms with Crippen LogP contribution in [0.5, 0.6) is 0 Å². The first kappa shape index (κ1) is 14.4. The molecule has 25 heavy (non-hydrogen) atoms. The summed E-state index contributed by atoms with van der Waals surface area (Å²) in [5, 5.41) is 9.36. The molecule has 0 N–H and O–H groups in total. The van der Waals surface area contributed by atoms with Crippen LogP contribution in [0.2, 0.25) is 0 Å². The normalized spacial score (nSPS) is 14.7. The van der Waals surface area contributed by atoms with E-state index in [0.29, 0.717) is 5.78 Å². The standard InChI is InChI=1S/C20H19N5/c1-2-9-16(10-3-1)24(13-15-7-6-8-15)19-17-11-4-5-12-18(17)25-14-21-23-20(25)22-19/h1-5,9-12,14-15H,6-8,13H2. The molecule has 0 atom stereocenters. The summed E-state index contributed by atoms with van der Waals surface area (Å²) in [6.07, 6.45) is 5.67. The first-order valence-electron chi connectivity index (χ1n) is 8.81. The molecule has 2 aromatic heterocycles. The second-order valence-electron chi connectivity index (χ2n) is 6.70. The van der Waals surface area contributed by atoms with Crippen LogP contribution in [0, 0.1) is 5.92 Å². The van der Waals surface area contributed by atoms with E-state index in [-0.39, 0.29) is 0 Å². The number of hydrogen-bond acceptors (Lipinski definition) is 4. The molecule has 0 radical (unpaired) electrons. The quantitative estimate of drug-likeness (QED) is 0.562. The van der Waals surface area contributed by atoms with Crippen LogP contribution < -0.4 is 4.90 Å². The van der Waals surface area contributed by atoms with Gasteiger partial charge in [-0.1, -0.05) is 36.8 Å². The highest BCUT2D eigenvalue weighted by Crippen LogP contribution is 2.35. The Morgan fingerprint density at radius 2 is 1.80 bits per heavy atom. The minimum Gasteiger partial charge on any atom is -0.325 e. The van der Waals surface area contributed by atoms with Crippen LogP contribution in [-0.4, -0.2) is 26.1 Å². The molecule has 0 spiro atoms. The van der Waals surface area contributed by atoms with Gasteiger partial charge in [0.1, 0.15) is 12.1 Å². The summed E-state index contributed by atoms with van der Waals surface area (Å²) < 4.78 is 1.95. The largest absolute Gasteiger partial charge is 0.325 e. The molecule has 1 fully saturated rings. The summed E-state index contributed by atoms with van der Waals surface area (Å²) >= 11 is 0. The molecule has 4 aromatic rings. The van der Waals surface area contributed by atoms with E-state index >= 15 is 0 Å². The van der Waals surface area contributed by atoms with Gasteiger partial charge in [-0.2, -0.15) is 4.98 Å². The second-order valence-corrected chi connectivity index (χ2v) is 6.70. The lowest BCUT2D eigenvalue weighted by Gasteiger charge is -2.33. The van der Waals surface area contributed by atoms with Gasteiger partial charge in [0.25, 0.3) is 5.78 Å². The molecule has 0 amide bonds. The highest BCUT2D eigenvalue weighted by atomic mass is 15.3. The first-order chi connectivity index (χ1) is 12.4. The molecule has 5 heteroatoms. The second kappa shape index (κ2) is 5.84. The zero-order chi connectivity index (χ0) is 16.6. The molecule has 1 saturated carbocycles. The lowest BCUT2D eigenvalue weighted by molar-refractivity contribution is 0.324. The fourth-order valence-electron chi connectivity index (χ4n) is 3.56. The summed E-state index contributed by atoms with van der Waals surface area (Å²) in [6.45, 7) is 0.991. The van der Waals surface area contributed by atoms with E-state index < -0.39 is 0 Å². The van der Waals surface area contributed by atoms with E-state index in [2.05, 4.69) is 63.6 Å². The Labute approximate surface area is 145 Å². The maximum Gasteiger partial charge on any atom is 0.257 e. The average molecular weight is 329 g/mol. The number of rotatable bonds is 4. The third kappa shape index (κ3) is 2.43. The summed E-state index contributed by atoms with van der Waals surface area (Å²) in [7, 11) is 0. The van der Waals surface area contributed by atoms with Crippen molar-refractivity contribution in [1.29, 1.82) is 0 Å². The van der Waals surface area contributed by atoms with Crippen molar-refractivity contribution in [2.45, 2.75) is 19.3 Å². The van der Waals surface area contributed by atoms with Gasteiger partial charge in [0.2, 0.25) is 0 Å². The number of benzene rings is 2. The van der Waals surface area contributed by atoms with Crippen molar-refractivity contribution in [2.75, 3.05) is 11.4 Å². The van der Waals surface area contributed by atoms with Crippen LogP contribution in [0.15, 0.2) is 60.9 Å². The fourth-order valence-corrected chi connectivity index (χ4v) is 3.56. The molecule has 2 aromatic carbocycles. The Morgan fingerprint density at radius 1 is 1.00 bits per heavy atom. The minimum atomic E-state index is 0.642. The maximum atomic E-state index is 4.87. The molecule has 124 valence electrons. The molecule has 0 aliphatic heterocycles. The zero-order valence-electron chi connectivity index (χ0n) is 13.9. The highest BCUT2D eigenvalue weighted by Gasteiger charge is 2.24. The van der Waals surface area contributed by atoms with Gasteiger partial charge >= 0.3 is 0 Å². The molecule has 2 heterocycles. The molecule has 5 nitrogen and oxygen atoms in total. The average Bonchev–Trinajstić information content (AvgIpc) is 3.10. The van der Waals surface area contributed by atoms with Gasteiger partial charge in [-0.15, -0.1) is 10.2 Å². The predicted octanol–water partition coefficient (Wildman–Crippen LogP) is 4.22. The topological polar surface area (TPSA) is 46.3 Å². The van der Waals surface area contributed by atoms with Gasteiger partial charge < -0.3 is 4.90 Å². The number of fused-ring (bicyclic) bond motifs is 3. The predicted molar refractivity (Wildman–Crippen MR) is 99.1 cm³/mol. The van der Waals surface area contributed by atoms with E-state index in [4.69, 9.17) is 4.98 Å². The summed E-state index contributed by atoms with van der Waals surface area (Å²) in [4.78, 5) is 7.21. The number of anilines is 2. The summed E-state index contributed by atoms with van der Waals surface area (Å²) in [6, 6.07) is 18.9. The van der Waals surface area contributed by atoms with E-state index in [1.165, 1.54) is 24.9 Å². The third-order valence-corrected chi connectivity index (χ3v) is 5.13. The van der Waals surface area contributed by atoms with Crippen molar-refractivity contribution in [1.82, 2.24) is 19.6 Å². The van der Waals surface area contributed by atoms with Gasteiger partial charge in [0, 0.05) is 17.6 Å². The molecule has 1 aliphatic carbocycles. The van der Waals surface area contributed by atoms with Crippen molar-refractivity contribution in [2.24, 2.45) is 5.92 Å². The third-order valence-electron chi connectivity index (χ3n) is 5.13. The number of hydrogen-bond donors (Lipinski definition) is 0. The Balaban J connectivity index is 1.73. The molecule has 1 aliphatic rings. The van der Waals surface area contributed by atoms with E-state index in [0.717, 1.165) is 29.2 Å². The van der Waals surface area contributed by atoms with Crippen LogP contribution in [-0.2, 0) is 0 Å². The van der Waals surface area contributed by atoms with Crippen molar-refractivity contribution in [3.63, 3.8) is 0 Å². The molecular weight excluding hydrogens is 310 g/mol. The van der Waals surface area contributed by atoms with E-state index in [1.54, 1.807) is 6.33 Å². The van der Waals surface area contributed by atoms with Crippen molar-refractivity contribution < 1.29 is 0 Å². The Hall–Kier alpha value is -2.95. The van der Waals surface area contributed by atoms with Gasteiger partial charge in [0.05, 0.1) is 5.52 Å². The molecular formula is C20H19N5. The zero-order valence-corrected chi connectivity index (χ0v) is 13.9. The number of para-hydroxylation sites is 2. The Kier molecular flexibility index (Phi) is 3.37. The smallest absolute Gasteiger partial charge is 0.257 e. The van der Waals surface area contributed by atoms with Gasteiger partial charge in [-0.25, -0.2) is 0 Å². The first-order valence-corrected chi connectivity index (χ1v) is 8.81. The Bertz CT molecular complexity index is 1020. The minimum absolute atomic E-state index is 0.642. The van der Waals surface area contributed by atoms with Gasteiger partial charge in [0.15, 0.2) is 0 Å². The van der Waals surface area contributed by atoms with Crippen LogP contribution in [0.3, 0.4) is 0 Å².